The number of hydrogen-bond acceptors (Lipinski definition) is 7. The predicted octanol–water partition coefficient (Wildman–Crippen LogP) is 1.68. The number of methoxy groups -OCH3 is 1. The fraction of sp³-hybridized carbons (Fsp3) is 0.435. The van der Waals surface area contributed by atoms with Crippen molar-refractivity contribution < 1.29 is 19.0 Å². The van der Waals surface area contributed by atoms with Gasteiger partial charge < -0.3 is 19.5 Å². The molecule has 5 rings (SSSR count). The second-order valence-electron chi connectivity index (χ2n) is 8.14. The zero-order valence-corrected chi connectivity index (χ0v) is 17.7. The van der Waals surface area contributed by atoms with Crippen LogP contribution in [0, 0.1) is 0 Å². The molecular weight excluding hydrogens is 396 g/mol. The third kappa shape index (κ3) is 4.32. The Bertz CT molecular complexity index is 945. The van der Waals surface area contributed by atoms with Gasteiger partial charge in [0, 0.05) is 50.7 Å². The molecular formula is C23H28N4O4. The minimum atomic E-state index is -0.177. The van der Waals surface area contributed by atoms with Crippen molar-refractivity contribution in [3.63, 3.8) is 0 Å². The number of carbonyl (C=O) groups excluding carboxylic acids is 1. The van der Waals surface area contributed by atoms with Crippen molar-refractivity contribution in [3.05, 3.63) is 53.6 Å². The monoisotopic (exact) mass is 424 g/mol. The lowest BCUT2D eigenvalue weighted by molar-refractivity contribution is -0.127. The zero-order chi connectivity index (χ0) is 21.2. The molecule has 2 saturated heterocycles. The van der Waals surface area contributed by atoms with Crippen LogP contribution >= 0.6 is 0 Å². The van der Waals surface area contributed by atoms with Crippen molar-refractivity contribution in [2.24, 2.45) is 0 Å². The zero-order valence-electron chi connectivity index (χ0n) is 17.7. The van der Waals surface area contributed by atoms with Crippen LogP contribution in [-0.2, 0) is 11.3 Å². The molecule has 8 heteroatoms. The molecule has 0 aliphatic carbocycles. The highest BCUT2D eigenvalue weighted by atomic mass is 16.7. The number of carbonyl (C=O) groups is 1. The van der Waals surface area contributed by atoms with Crippen molar-refractivity contribution >= 4 is 5.91 Å². The van der Waals surface area contributed by atoms with E-state index >= 15 is 0 Å². The molecule has 164 valence electrons. The van der Waals surface area contributed by atoms with Crippen molar-refractivity contribution in [3.8, 4) is 17.2 Å². The van der Waals surface area contributed by atoms with Crippen molar-refractivity contribution in [1.82, 2.24) is 20.4 Å². The van der Waals surface area contributed by atoms with Crippen LogP contribution in [0.5, 0.6) is 17.2 Å². The van der Waals surface area contributed by atoms with Gasteiger partial charge in [0.25, 0.3) is 0 Å². The largest absolute Gasteiger partial charge is 0.496 e. The van der Waals surface area contributed by atoms with Crippen LogP contribution in [0.3, 0.4) is 0 Å². The van der Waals surface area contributed by atoms with Gasteiger partial charge in [-0.25, -0.2) is 0 Å². The van der Waals surface area contributed by atoms with Gasteiger partial charge in [0.1, 0.15) is 12.0 Å². The summed E-state index contributed by atoms with van der Waals surface area (Å²) in [6.07, 6.45) is 0.227. The van der Waals surface area contributed by atoms with Gasteiger partial charge >= 0.3 is 0 Å². The molecule has 0 spiro atoms. The van der Waals surface area contributed by atoms with Gasteiger partial charge in [0.15, 0.2) is 11.5 Å². The normalized spacial score (nSPS) is 24.1. The number of nitrogens with zero attached hydrogens (tertiary/aromatic N) is 2. The van der Waals surface area contributed by atoms with Crippen LogP contribution in [0.25, 0.3) is 0 Å². The topological polar surface area (TPSA) is 75.3 Å². The maximum absolute atomic E-state index is 12.4. The van der Waals surface area contributed by atoms with Gasteiger partial charge in [-0.2, -0.15) is 0 Å². The summed E-state index contributed by atoms with van der Waals surface area (Å²) in [6.45, 7) is 4.79. The predicted molar refractivity (Wildman–Crippen MR) is 115 cm³/mol. The van der Waals surface area contributed by atoms with Crippen LogP contribution in [0.1, 0.15) is 23.6 Å². The number of nitrogens with one attached hydrogen (secondary N) is 2. The first-order valence-corrected chi connectivity index (χ1v) is 10.7. The van der Waals surface area contributed by atoms with E-state index in [9.17, 15) is 4.79 Å². The van der Waals surface area contributed by atoms with Crippen LogP contribution in [-0.4, -0.2) is 62.1 Å². The van der Waals surface area contributed by atoms with Gasteiger partial charge in [0.2, 0.25) is 12.7 Å². The number of ether oxygens (including phenoxy) is 3. The molecule has 2 aromatic rings. The molecule has 3 aliphatic rings. The lowest BCUT2D eigenvalue weighted by Crippen LogP contribution is -2.64. The second-order valence-corrected chi connectivity index (χ2v) is 8.14. The van der Waals surface area contributed by atoms with Gasteiger partial charge in [-0.15, -0.1) is 0 Å². The van der Waals surface area contributed by atoms with E-state index in [1.807, 2.05) is 30.3 Å². The fourth-order valence-corrected chi connectivity index (χ4v) is 4.52. The maximum atomic E-state index is 12.4. The summed E-state index contributed by atoms with van der Waals surface area (Å²) < 4.78 is 16.4. The second kappa shape index (κ2) is 8.74. The molecule has 3 heterocycles. The average Bonchev–Trinajstić information content (AvgIpc) is 3.27. The Kier molecular flexibility index (Phi) is 5.67. The molecule has 1 amide bonds. The fourth-order valence-electron chi connectivity index (χ4n) is 4.52. The Morgan fingerprint density at radius 1 is 1.06 bits per heavy atom. The summed E-state index contributed by atoms with van der Waals surface area (Å²) in [7, 11) is 1.67. The van der Waals surface area contributed by atoms with E-state index in [4.69, 9.17) is 14.2 Å². The molecule has 3 aliphatic heterocycles. The summed E-state index contributed by atoms with van der Waals surface area (Å²) >= 11 is 0. The van der Waals surface area contributed by atoms with Gasteiger partial charge in [-0.3, -0.25) is 19.9 Å². The highest BCUT2D eigenvalue weighted by Crippen LogP contribution is 2.33. The Morgan fingerprint density at radius 2 is 1.87 bits per heavy atom. The molecule has 2 fully saturated rings. The summed E-state index contributed by atoms with van der Waals surface area (Å²) in [4.78, 5) is 17.2. The number of para-hydroxylation sites is 1. The van der Waals surface area contributed by atoms with Crippen LogP contribution in [0.2, 0.25) is 0 Å². The van der Waals surface area contributed by atoms with Crippen molar-refractivity contribution in [1.29, 1.82) is 0 Å². The first kappa shape index (κ1) is 20.1. The average molecular weight is 425 g/mol. The van der Waals surface area contributed by atoms with Gasteiger partial charge in [-0.1, -0.05) is 24.3 Å². The smallest absolute Gasteiger partial charge is 0.231 e. The summed E-state index contributed by atoms with van der Waals surface area (Å²) in [5.41, 5.74) is 2.24. The summed E-state index contributed by atoms with van der Waals surface area (Å²) in [5, 5.41) is 6.70. The molecule has 0 saturated carbocycles. The lowest BCUT2D eigenvalue weighted by atomic mass is 10.0. The number of piperazine rings is 1. The molecule has 2 aromatic carbocycles. The third-order valence-corrected chi connectivity index (χ3v) is 6.18. The maximum Gasteiger partial charge on any atom is 0.231 e. The number of amides is 1. The Balaban J connectivity index is 1.19. The number of rotatable bonds is 5. The molecule has 2 N–H and O–H groups in total. The Morgan fingerprint density at radius 3 is 2.71 bits per heavy atom. The van der Waals surface area contributed by atoms with E-state index in [0.717, 1.165) is 55.5 Å². The molecule has 8 nitrogen and oxygen atoms in total. The molecule has 0 bridgehead atoms. The molecule has 0 aromatic heterocycles. The molecule has 2 atom stereocenters. The van der Waals surface area contributed by atoms with E-state index < -0.39 is 0 Å². The van der Waals surface area contributed by atoms with E-state index in [-0.39, 0.29) is 18.2 Å². The van der Waals surface area contributed by atoms with Crippen molar-refractivity contribution in [2.45, 2.75) is 25.3 Å². The first-order chi connectivity index (χ1) is 15.2. The third-order valence-electron chi connectivity index (χ3n) is 6.18. The highest BCUT2D eigenvalue weighted by Gasteiger charge is 2.33. The standard InChI is InChI=1S/C23H28N4O4/c1-29-19-5-3-2-4-17(19)18-13-22(28)25-23(24-18)27-10-8-26(9-11-27)14-16-6-7-20-21(12-16)31-15-30-20/h2-7,12,18,23-24H,8-11,13-15H2,1H3,(H,25,28). The van der Waals surface area contributed by atoms with E-state index in [1.54, 1.807) is 7.11 Å². The molecule has 31 heavy (non-hydrogen) atoms. The minimum absolute atomic E-state index is 0.0578. The van der Waals surface area contributed by atoms with Crippen LogP contribution < -0.4 is 24.8 Å². The quantitative estimate of drug-likeness (QED) is 0.756. The van der Waals surface area contributed by atoms with Crippen molar-refractivity contribution in [2.75, 3.05) is 40.1 Å². The molecule has 0 radical (unpaired) electrons. The van der Waals surface area contributed by atoms with Crippen LogP contribution in [0.4, 0.5) is 0 Å². The Labute approximate surface area is 182 Å². The van der Waals surface area contributed by atoms with Gasteiger partial charge in [-0.05, 0) is 23.8 Å². The first-order valence-electron chi connectivity index (χ1n) is 10.7. The molecule has 2 unspecified atom stereocenters. The lowest BCUT2D eigenvalue weighted by Gasteiger charge is -2.43. The highest BCUT2D eigenvalue weighted by molar-refractivity contribution is 5.78. The minimum Gasteiger partial charge on any atom is -0.496 e. The van der Waals surface area contributed by atoms with Crippen LogP contribution in [0.15, 0.2) is 42.5 Å². The summed E-state index contributed by atoms with van der Waals surface area (Å²) in [5.74, 6) is 2.51. The SMILES string of the molecule is COc1ccccc1C1CC(=O)NC(N2CCN(Cc3ccc4c(c3)OCO4)CC2)N1. The van der Waals surface area contributed by atoms with Gasteiger partial charge in [0.05, 0.1) is 7.11 Å². The number of hydrogen-bond donors (Lipinski definition) is 2. The van der Waals surface area contributed by atoms with E-state index in [0.29, 0.717) is 13.2 Å². The number of benzene rings is 2. The Hall–Kier alpha value is -2.81. The number of fused-ring (bicyclic) bond motifs is 1. The summed E-state index contributed by atoms with van der Waals surface area (Å²) in [6, 6.07) is 14.0. The van der Waals surface area contributed by atoms with E-state index in [1.165, 1.54) is 5.56 Å². The van der Waals surface area contributed by atoms with E-state index in [2.05, 4.69) is 32.6 Å².